The van der Waals surface area contributed by atoms with Crippen LogP contribution in [0.15, 0.2) is 80.2 Å². The third-order valence-electron chi connectivity index (χ3n) is 9.91. The predicted octanol–water partition coefficient (Wildman–Crippen LogP) is 13.3. The van der Waals surface area contributed by atoms with Crippen molar-refractivity contribution in [2.75, 3.05) is 107 Å². The minimum absolute atomic E-state index is 0.0305. The molecular weight excluding hydrogens is 1480 g/mol. The molecule has 2 aromatic carbocycles. The van der Waals surface area contributed by atoms with Crippen LogP contribution in [0.4, 0.5) is 9.59 Å². The van der Waals surface area contributed by atoms with Crippen molar-refractivity contribution in [1.29, 1.82) is 5.41 Å². The molecule has 31 nitrogen and oxygen atoms in total. The molecule has 0 unspecified atom stereocenters. The maximum Gasteiger partial charge on any atom is 0.492 e. The Balaban J connectivity index is -0.000000740. The number of hydrogen-bond acceptors (Lipinski definition) is 21. The lowest BCUT2D eigenvalue weighted by Gasteiger charge is -2.22. The number of guanidine groups is 3. The SMILES string of the molecule is CSC(C)=NC(=O)OC(C)(C)C.O=P(Cl)(Cl)Oc1ccccc1.[2H]C([2H])([2H])N(CC(=O)OCC(C)(C)C)C(=N)N.[2H]C([2H])([2H])N(CC(=O)OCC(C)(C)C)C(C)=NC(=O)OC(C)(C)C.[2H]C([2H])([2H])N(CC(=O)OCC(C)(C)C)C(N)=NP(=O)(N=C(N)N(CC(=O)OCC(C)(C)C)C([2H])([2H])[2H])Oc1ccccc1.[2H]C([2H])([2H])NCC(=O)OCC(C)(C)C. The van der Waals surface area contributed by atoms with Gasteiger partial charge in [0.15, 0.2) is 5.96 Å². The van der Waals surface area contributed by atoms with E-state index in [2.05, 4.69) is 29.4 Å². The molecule has 36 heteroatoms. The van der Waals surface area contributed by atoms with Gasteiger partial charge in [-0.05, 0) is 120 Å². The Kier molecular flexibility index (Phi) is 36.6. The number of nitrogens with two attached hydrogens (primary N) is 3. The molecule has 0 heterocycles. The maximum atomic E-state index is 13.9. The summed E-state index contributed by atoms with van der Waals surface area (Å²) in [6.07, 6.45) is -3.02. The zero-order chi connectivity index (χ0) is 96.1. The first-order valence-corrected chi connectivity index (χ1v) is 38.4. The molecule has 608 valence electrons. The molecule has 0 atom stereocenters. The number of aliphatic imine (C=N–C) groups is 2. The Morgan fingerprint density at radius 1 is 0.491 bits per heavy atom. The van der Waals surface area contributed by atoms with E-state index in [-0.39, 0.29) is 67.4 Å². The van der Waals surface area contributed by atoms with Crippen LogP contribution in [-0.2, 0) is 66.3 Å². The maximum absolute atomic E-state index is 13.9. The van der Waals surface area contributed by atoms with E-state index < -0.39 is 157 Å². The second kappa shape index (κ2) is 49.6. The van der Waals surface area contributed by atoms with Crippen LogP contribution in [0.5, 0.6) is 11.5 Å². The molecule has 0 saturated heterocycles. The number of amides is 2. The quantitative estimate of drug-likeness (QED) is 0.0255. The van der Waals surface area contributed by atoms with Crippen LogP contribution in [0.2, 0.25) is 0 Å². The van der Waals surface area contributed by atoms with Crippen molar-refractivity contribution < 1.29 is 105 Å². The van der Waals surface area contributed by atoms with Gasteiger partial charge in [0.1, 0.15) is 54.7 Å². The summed E-state index contributed by atoms with van der Waals surface area (Å²) >= 11 is 11.8. The van der Waals surface area contributed by atoms with Gasteiger partial charge in [-0.25, -0.2) is 18.7 Å². The fourth-order valence-corrected chi connectivity index (χ4v) is 7.53. The minimum Gasteiger partial charge on any atom is -0.464 e. The number of amidine groups is 1. The molecule has 0 radical (unpaired) electrons. The number of nitrogens with one attached hydrogen (secondary N) is 2. The van der Waals surface area contributed by atoms with Gasteiger partial charge in [0.25, 0.3) is 0 Å². The number of thioether (sulfide) groups is 1. The van der Waals surface area contributed by atoms with Gasteiger partial charge >= 0.3 is 55.8 Å². The van der Waals surface area contributed by atoms with Crippen LogP contribution in [0.1, 0.15) is 180 Å². The fraction of sp³-hybridized carbons (Fsp3) is 0.657. The van der Waals surface area contributed by atoms with E-state index in [1.165, 1.54) is 43.0 Å². The van der Waals surface area contributed by atoms with Gasteiger partial charge in [0, 0.05) is 70.9 Å². The van der Waals surface area contributed by atoms with Crippen LogP contribution in [0, 0.1) is 32.5 Å². The van der Waals surface area contributed by atoms with Crippen molar-refractivity contribution in [2.45, 2.75) is 170 Å². The molecule has 0 aliphatic carbocycles. The molecule has 0 saturated carbocycles. The van der Waals surface area contributed by atoms with Crippen molar-refractivity contribution in [3.8, 4) is 11.5 Å². The van der Waals surface area contributed by atoms with E-state index in [1.54, 1.807) is 106 Å². The topological polar surface area (TPSA) is 413 Å². The minimum atomic E-state index is -4.93. The van der Waals surface area contributed by atoms with E-state index in [0.717, 1.165) is 4.90 Å². The number of likely N-dealkylation sites (N-methyl/N-ethyl adjacent to an activating group) is 5. The van der Waals surface area contributed by atoms with E-state index in [9.17, 15) is 42.7 Å². The Morgan fingerprint density at radius 2 is 0.792 bits per heavy atom. The molecule has 0 fully saturated rings. The molecule has 8 N–H and O–H groups in total. The number of benzene rings is 2. The van der Waals surface area contributed by atoms with Crippen molar-refractivity contribution >= 4 is 119 Å². The average molecular weight is 1620 g/mol. The highest BCUT2D eigenvalue weighted by molar-refractivity contribution is 8.13. The standard InChI is InChI=1S/C24H41N6O6P.C15H28N2O4.C9H19N3O2.C8H15NO2S.C8H17NO2.C6H5Cl2O2P/c1-23(2,3)16-34-19(31)14-29(7)21(25)27-37(33,36-18-12-10-9-11-13-18)28-22(26)30(8)15-20(32)35-17-24(4,5)6;1-11(16-13(19)21-15(5,6)7)17(8)9-12(18)20-10-14(2,3)4;1-9(2,3)6-14-7(13)5-12(4)8(10)11;1-6(12-5)9-7(10)11-8(2,3)4;1-8(2,3)6-11-7(10)5-9-4;7-11(8,9)10-6-4-2-1-3-5-6/h9-13H,14-17H2,1-8H3,(H4,25,26,27,28,33);9-10H2,1-8H3;5-6H2,1-4H3,(H3,10,11);1-5H3;9H,5-6H2,1-4H3;1-5H/i7D3,8D3;8D3;4D3;;4D3;. The third kappa shape index (κ3) is 68.4. The van der Waals surface area contributed by atoms with Crippen molar-refractivity contribution in [1.82, 2.24) is 24.9 Å². The van der Waals surface area contributed by atoms with Gasteiger partial charge < -0.3 is 84.3 Å². The van der Waals surface area contributed by atoms with E-state index in [4.69, 9.17) is 103 Å². The number of halogens is 2. The number of para-hydroxylation sites is 2. The number of carbonyl (C=O) groups is 7. The van der Waals surface area contributed by atoms with Crippen LogP contribution in [0.3, 0.4) is 0 Å². The number of esters is 5. The molecule has 0 aliphatic rings. The summed E-state index contributed by atoms with van der Waals surface area (Å²) in [7, 11) is -4.93. The Labute approximate surface area is 665 Å². The molecule has 2 amide bonds. The van der Waals surface area contributed by atoms with Gasteiger partial charge in [-0.2, -0.15) is 9.98 Å². The number of nitrogens with zero attached hydrogens (tertiary/aromatic N) is 8. The van der Waals surface area contributed by atoms with E-state index in [1.807, 2.05) is 89.3 Å². The highest BCUT2D eigenvalue weighted by Gasteiger charge is 2.29. The lowest BCUT2D eigenvalue weighted by Crippen LogP contribution is -2.39. The van der Waals surface area contributed by atoms with E-state index >= 15 is 0 Å². The Morgan fingerprint density at radius 3 is 1.08 bits per heavy atom. The lowest BCUT2D eigenvalue weighted by molar-refractivity contribution is -0.147. The fourth-order valence-electron chi connectivity index (χ4n) is 5.26. The average Bonchev–Trinajstić information content (AvgIpc) is 0.796. The highest BCUT2D eigenvalue weighted by atomic mass is 35.9. The summed E-state index contributed by atoms with van der Waals surface area (Å²) in [5.41, 5.74) is 14.4. The molecule has 106 heavy (non-hydrogen) atoms. The second-order valence-corrected chi connectivity index (χ2v) is 37.0. The number of hydrogen-bond donors (Lipinski definition) is 5. The van der Waals surface area contributed by atoms with Crippen LogP contribution in [-0.4, -0.2) is 208 Å². The molecule has 2 aromatic rings. The van der Waals surface area contributed by atoms with Crippen molar-refractivity contribution in [3.05, 3.63) is 60.7 Å². The van der Waals surface area contributed by atoms with Gasteiger partial charge in [0.05, 0.1) is 44.6 Å². The zero-order valence-electron chi connectivity index (χ0n) is 80.6. The summed E-state index contributed by atoms with van der Waals surface area (Å²) < 4.78 is 188. The first-order chi connectivity index (χ1) is 53.8. The molecule has 0 bridgehead atoms. The summed E-state index contributed by atoms with van der Waals surface area (Å²) in [6.45, 7) is 25.1. The van der Waals surface area contributed by atoms with Gasteiger partial charge in [-0.15, -0.1) is 21.3 Å². The van der Waals surface area contributed by atoms with Crippen molar-refractivity contribution in [3.63, 3.8) is 0 Å². The second-order valence-electron chi connectivity index (χ2n) is 30.3. The zero-order valence-corrected chi connectivity index (χ0v) is 69.7. The van der Waals surface area contributed by atoms with Gasteiger partial charge in [-0.3, -0.25) is 29.4 Å². The predicted molar refractivity (Wildman–Crippen MR) is 425 cm³/mol. The summed E-state index contributed by atoms with van der Waals surface area (Å²) in [6, 6.07) is 15.9. The van der Waals surface area contributed by atoms with Crippen molar-refractivity contribution in [2.24, 2.45) is 63.8 Å². The largest absolute Gasteiger partial charge is 0.492 e. The highest BCUT2D eigenvalue weighted by Crippen LogP contribution is 2.57. The number of ether oxygens (including phenoxy) is 7. The van der Waals surface area contributed by atoms with Crippen LogP contribution < -0.4 is 31.6 Å². The third-order valence-corrected chi connectivity index (χ3v) is 12.8. The molecule has 0 spiro atoms. The first-order valence-electron chi connectivity index (χ1n) is 39.7. The smallest absolute Gasteiger partial charge is 0.464 e. The Bertz CT molecular complexity index is 3730. The molecule has 2 rings (SSSR count). The van der Waals surface area contributed by atoms with Gasteiger partial charge in [0.2, 0.25) is 11.9 Å². The van der Waals surface area contributed by atoms with E-state index in [0.29, 0.717) is 25.5 Å². The normalized spacial score (nSPS) is 15.5. The first kappa shape index (κ1) is 78.2. The summed E-state index contributed by atoms with van der Waals surface area (Å²) in [4.78, 5) is 91.1. The summed E-state index contributed by atoms with van der Waals surface area (Å²) in [5.74, 6) is -6.32. The monoisotopic (exact) mass is 1610 g/mol. The molecule has 0 aliphatic heterocycles. The molecular formula is C70H125Cl2N13O18P2S. The number of carbonyl (C=O) groups excluding carboxylic acids is 7. The Hall–Kier alpha value is -7.37. The lowest BCUT2D eigenvalue weighted by atomic mass is 9.99. The molecule has 0 aromatic heterocycles. The van der Waals surface area contributed by atoms with Crippen LogP contribution in [0.25, 0.3) is 0 Å². The van der Waals surface area contributed by atoms with Gasteiger partial charge in [-0.1, -0.05) is 140 Å². The summed E-state index contributed by atoms with van der Waals surface area (Å²) in [5, 5.41) is 9.89. The number of rotatable bonds is 21. The van der Waals surface area contributed by atoms with Crippen LogP contribution >= 0.6 is 48.0 Å².